The molecule has 114 valence electrons. The van der Waals surface area contributed by atoms with Crippen LogP contribution in [0.2, 0.25) is 0 Å². The van der Waals surface area contributed by atoms with Gasteiger partial charge in [-0.15, -0.1) is 0 Å². The van der Waals surface area contributed by atoms with Crippen molar-refractivity contribution in [2.45, 2.75) is 24.3 Å². The van der Waals surface area contributed by atoms with E-state index in [-0.39, 0.29) is 13.1 Å². The van der Waals surface area contributed by atoms with Crippen LogP contribution in [0.25, 0.3) is 0 Å². The summed E-state index contributed by atoms with van der Waals surface area (Å²) >= 11 is 0. The SMILES string of the molecule is Cc1ccc(F)c(S(=O)(=O)NCC(C)(O)CN(C)C)c1. The van der Waals surface area contributed by atoms with E-state index in [9.17, 15) is 17.9 Å². The molecule has 0 spiro atoms. The number of nitrogens with one attached hydrogen (secondary N) is 1. The number of hydrogen-bond donors (Lipinski definition) is 2. The first-order valence-electron chi connectivity index (χ1n) is 6.16. The molecular weight excluding hydrogens is 283 g/mol. The Morgan fingerprint density at radius 1 is 1.40 bits per heavy atom. The van der Waals surface area contributed by atoms with Gasteiger partial charge in [-0.25, -0.2) is 17.5 Å². The standard InChI is InChI=1S/C13H21FN2O3S/c1-10-5-6-11(14)12(7-10)20(18,19)15-8-13(2,17)9-16(3)4/h5-7,15,17H,8-9H2,1-4H3. The molecule has 0 heterocycles. The van der Waals surface area contributed by atoms with Gasteiger partial charge >= 0.3 is 0 Å². The maximum atomic E-state index is 13.6. The highest BCUT2D eigenvalue weighted by molar-refractivity contribution is 7.89. The Hall–Kier alpha value is -1.02. The topological polar surface area (TPSA) is 69.6 Å². The zero-order valence-electron chi connectivity index (χ0n) is 12.1. The number of aryl methyl sites for hydroxylation is 1. The Labute approximate surface area is 119 Å². The minimum atomic E-state index is -3.99. The van der Waals surface area contributed by atoms with Crippen molar-refractivity contribution in [2.75, 3.05) is 27.2 Å². The molecule has 0 aliphatic rings. The lowest BCUT2D eigenvalue weighted by molar-refractivity contribution is 0.0386. The lowest BCUT2D eigenvalue weighted by Crippen LogP contribution is -2.47. The van der Waals surface area contributed by atoms with Gasteiger partial charge < -0.3 is 10.0 Å². The first-order valence-corrected chi connectivity index (χ1v) is 7.65. The van der Waals surface area contributed by atoms with Crippen LogP contribution in [0.1, 0.15) is 12.5 Å². The molecule has 0 aliphatic carbocycles. The van der Waals surface area contributed by atoms with Crippen LogP contribution in [0.5, 0.6) is 0 Å². The van der Waals surface area contributed by atoms with E-state index < -0.39 is 26.3 Å². The van der Waals surface area contributed by atoms with Gasteiger partial charge in [0.15, 0.2) is 0 Å². The average Bonchev–Trinajstić information content (AvgIpc) is 2.28. The molecule has 1 unspecified atom stereocenters. The molecule has 0 bridgehead atoms. The third-order valence-electron chi connectivity index (χ3n) is 2.68. The van der Waals surface area contributed by atoms with Crippen molar-refractivity contribution < 1.29 is 17.9 Å². The van der Waals surface area contributed by atoms with E-state index in [0.717, 1.165) is 6.07 Å². The molecule has 20 heavy (non-hydrogen) atoms. The van der Waals surface area contributed by atoms with Gasteiger partial charge in [0.1, 0.15) is 10.7 Å². The van der Waals surface area contributed by atoms with Gasteiger partial charge in [0, 0.05) is 13.1 Å². The van der Waals surface area contributed by atoms with Crippen LogP contribution in [-0.2, 0) is 10.0 Å². The second-order valence-electron chi connectivity index (χ2n) is 5.49. The number of aliphatic hydroxyl groups is 1. The molecule has 0 saturated carbocycles. The largest absolute Gasteiger partial charge is 0.387 e. The number of sulfonamides is 1. The molecule has 0 amide bonds. The molecule has 0 fully saturated rings. The summed E-state index contributed by atoms with van der Waals surface area (Å²) in [7, 11) is -0.452. The minimum Gasteiger partial charge on any atom is -0.387 e. The molecule has 7 heteroatoms. The third kappa shape index (κ3) is 4.82. The lowest BCUT2D eigenvalue weighted by atomic mass is 10.1. The third-order valence-corrected chi connectivity index (χ3v) is 4.09. The first kappa shape index (κ1) is 17.0. The van der Waals surface area contributed by atoms with Crippen LogP contribution in [0.3, 0.4) is 0 Å². The Morgan fingerprint density at radius 3 is 2.55 bits per heavy atom. The van der Waals surface area contributed by atoms with Crippen LogP contribution < -0.4 is 4.72 Å². The summed E-state index contributed by atoms with van der Waals surface area (Å²) in [5.74, 6) is -0.810. The molecule has 0 radical (unpaired) electrons. The summed E-state index contributed by atoms with van der Waals surface area (Å²) in [5, 5.41) is 10.1. The van der Waals surface area contributed by atoms with Crippen molar-refractivity contribution in [1.82, 2.24) is 9.62 Å². The van der Waals surface area contributed by atoms with Crippen LogP contribution in [0.4, 0.5) is 4.39 Å². The van der Waals surface area contributed by atoms with Gasteiger partial charge in [-0.3, -0.25) is 0 Å². The Morgan fingerprint density at radius 2 is 2.00 bits per heavy atom. The number of likely N-dealkylation sites (N-methyl/N-ethyl adjacent to an activating group) is 1. The van der Waals surface area contributed by atoms with Gasteiger partial charge in [0.05, 0.1) is 5.60 Å². The molecule has 1 aromatic rings. The monoisotopic (exact) mass is 304 g/mol. The smallest absolute Gasteiger partial charge is 0.243 e. The van der Waals surface area contributed by atoms with Crippen LogP contribution in [0.15, 0.2) is 23.1 Å². The summed E-state index contributed by atoms with van der Waals surface area (Å²) in [6.45, 7) is 3.29. The summed E-state index contributed by atoms with van der Waals surface area (Å²) in [4.78, 5) is 1.33. The van der Waals surface area contributed by atoms with Crippen molar-refractivity contribution >= 4 is 10.0 Å². The van der Waals surface area contributed by atoms with Crippen molar-refractivity contribution in [1.29, 1.82) is 0 Å². The zero-order valence-corrected chi connectivity index (χ0v) is 13.0. The van der Waals surface area contributed by atoms with Crippen LogP contribution >= 0.6 is 0 Å². The van der Waals surface area contributed by atoms with Gasteiger partial charge in [-0.2, -0.15) is 0 Å². The van der Waals surface area contributed by atoms with Crippen molar-refractivity contribution in [3.05, 3.63) is 29.6 Å². The fourth-order valence-corrected chi connectivity index (χ4v) is 3.20. The molecule has 5 nitrogen and oxygen atoms in total. The molecule has 1 atom stereocenters. The highest BCUT2D eigenvalue weighted by atomic mass is 32.2. The molecule has 1 aromatic carbocycles. The Balaban J connectivity index is 2.88. The first-order chi connectivity index (χ1) is 9.03. The van der Waals surface area contributed by atoms with E-state index in [2.05, 4.69) is 4.72 Å². The van der Waals surface area contributed by atoms with Gasteiger partial charge in [0.2, 0.25) is 10.0 Å². The van der Waals surface area contributed by atoms with Gasteiger partial charge in [-0.1, -0.05) is 6.07 Å². The van der Waals surface area contributed by atoms with E-state index in [4.69, 9.17) is 0 Å². The fourth-order valence-electron chi connectivity index (χ4n) is 1.88. The molecule has 0 aliphatic heterocycles. The second-order valence-corrected chi connectivity index (χ2v) is 7.23. The average molecular weight is 304 g/mol. The summed E-state index contributed by atoms with van der Waals surface area (Å²) < 4.78 is 40.0. The highest BCUT2D eigenvalue weighted by Crippen LogP contribution is 2.16. The number of halogens is 1. The van der Waals surface area contributed by atoms with Crippen molar-refractivity contribution in [2.24, 2.45) is 0 Å². The van der Waals surface area contributed by atoms with Crippen molar-refractivity contribution in [3.63, 3.8) is 0 Å². The van der Waals surface area contributed by atoms with Crippen molar-refractivity contribution in [3.8, 4) is 0 Å². The van der Waals surface area contributed by atoms with E-state index in [0.29, 0.717) is 5.56 Å². The zero-order chi connectivity index (χ0) is 15.6. The Kier molecular flexibility index (Phi) is 5.26. The summed E-state index contributed by atoms with van der Waals surface area (Å²) in [5.41, 5.74) is -0.594. The quantitative estimate of drug-likeness (QED) is 0.813. The van der Waals surface area contributed by atoms with Crippen LogP contribution in [-0.4, -0.2) is 51.2 Å². The molecular formula is C13H21FN2O3S. The maximum Gasteiger partial charge on any atom is 0.243 e. The molecule has 0 aromatic heterocycles. The fraction of sp³-hybridized carbons (Fsp3) is 0.538. The van der Waals surface area contributed by atoms with Gasteiger partial charge in [-0.05, 0) is 45.6 Å². The van der Waals surface area contributed by atoms with E-state index in [1.165, 1.54) is 19.1 Å². The predicted octanol–water partition coefficient (Wildman–Crippen LogP) is 0.725. The maximum absolute atomic E-state index is 13.6. The Bertz CT molecular complexity index is 571. The normalized spacial score (nSPS) is 15.3. The second kappa shape index (κ2) is 6.17. The number of benzene rings is 1. The van der Waals surface area contributed by atoms with E-state index in [1.54, 1.807) is 25.9 Å². The van der Waals surface area contributed by atoms with Crippen LogP contribution in [0, 0.1) is 12.7 Å². The van der Waals surface area contributed by atoms with E-state index >= 15 is 0 Å². The molecule has 2 N–H and O–H groups in total. The number of nitrogens with zero attached hydrogens (tertiary/aromatic N) is 1. The number of hydrogen-bond acceptors (Lipinski definition) is 4. The summed E-state index contributed by atoms with van der Waals surface area (Å²) in [6.07, 6.45) is 0. The summed E-state index contributed by atoms with van der Waals surface area (Å²) in [6, 6.07) is 3.87. The van der Waals surface area contributed by atoms with Gasteiger partial charge in [0.25, 0.3) is 0 Å². The minimum absolute atomic E-state index is 0.194. The highest BCUT2D eigenvalue weighted by Gasteiger charge is 2.26. The molecule has 1 rings (SSSR count). The number of rotatable bonds is 6. The predicted molar refractivity (Wildman–Crippen MR) is 75.5 cm³/mol. The molecule has 0 saturated heterocycles. The van der Waals surface area contributed by atoms with E-state index in [1.807, 2.05) is 0 Å². The lowest BCUT2D eigenvalue weighted by Gasteiger charge is -2.27.